The van der Waals surface area contributed by atoms with Crippen molar-refractivity contribution in [1.82, 2.24) is 10.6 Å². The molecule has 0 aliphatic rings. The summed E-state index contributed by atoms with van der Waals surface area (Å²) >= 11 is 0. The van der Waals surface area contributed by atoms with Crippen LogP contribution in [0.5, 0.6) is 0 Å². The molecule has 3 nitrogen and oxygen atoms in total. The Labute approximate surface area is 119 Å². The van der Waals surface area contributed by atoms with E-state index in [2.05, 4.69) is 29.5 Å². The lowest BCUT2D eigenvalue weighted by Gasteiger charge is -2.12. The van der Waals surface area contributed by atoms with Gasteiger partial charge < -0.3 is 10.6 Å². The summed E-state index contributed by atoms with van der Waals surface area (Å²) in [6.07, 6.45) is 0.412. The van der Waals surface area contributed by atoms with Gasteiger partial charge in [0.2, 0.25) is 0 Å². The second-order valence-electron chi connectivity index (χ2n) is 5.03. The fourth-order valence-corrected chi connectivity index (χ4v) is 1.67. The first kappa shape index (κ1) is 16.4. The molecule has 0 spiro atoms. The molecule has 0 fully saturated rings. The highest BCUT2D eigenvalue weighted by Crippen LogP contribution is 2.09. The van der Waals surface area contributed by atoms with Crippen LogP contribution in [0.25, 0.3) is 0 Å². The van der Waals surface area contributed by atoms with Gasteiger partial charge in [-0.1, -0.05) is 13.8 Å². The Balaban J connectivity index is 2.51. The predicted molar refractivity (Wildman–Crippen MR) is 78.9 cm³/mol. The lowest BCUT2D eigenvalue weighted by molar-refractivity contribution is 0.582. The lowest BCUT2D eigenvalue weighted by atomic mass is 10.1. The van der Waals surface area contributed by atoms with Gasteiger partial charge in [0.25, 0.3) is 0 Å². The Morgan fingerprint density at radius 1 is 1.25 bits per heavy atom. The first-order valence-corrected chi connectivity index (χ1v) is 6.99. The van der Waals surface area contributed by atoms with Gasteiger partial charge in [-0.25, -0.2) is 8.78 Å². The van der Waals surface area contributed by atoms with Crippen LogP contribution in [0, 0.1) is 17.6 Å². The minimum Gasteiger partial charge on any atom is -0.357 e. The van der Waals surface area contributed by atoms with E-state index in [1.165, 1.54) is 6.07 Å². The molecule has 0 saturated heterocycles. The van der Waals surface area contributed by atoms with Crippen LogP contribution >= 0.6 is 0 Å². The van der Waals surface area contributed by atoms with Crippen LogP contribution in [0.15, 0.2) is 23.2 Å². The zero-order valence-corrected chi connectivity index (χ0v) is 12.3. The van der Waals surface area contributed by atoms with Gasteiger partial charge in [-0.15, -0.1) is 0 Å². The molecule has 20 heavy (non-hydrogen) atoms. The highest BCUT2D eigenvalue weighted by atomic mass is 19.1. The van der Waals surface area contributed by atoms with Crippen molar-refractivity contribution in [2.75, 3.05) is 19.6 Å². The number of halogens is 2. The van der Waals surface area contributed by atoms with Crippen LogP contribution in [0.4, 0.5) is 8.78 Å². The first-order chi connectivity index (χ1) is 9.52. The molecule has 1 rings (SSSR count). The summed E-state index contributed by atoms with van der Waals surface area (Å²) in [6, 6.07) is 3.51. The van der Waals surface area contributed by atoms with E-state index in [1.807, 2.05) is 6.92 Å². The number of guanidine groups is 1. The molecule has 112 valence electrons. The van der Waals surface area contributed by atoms with E-state index in [0.29, 0.717) is 30.4 Å². The van der Waals surface area contributed by atoms with Gasteiger partial charge in [-0.3, -0.25) is 4.99 Å². The molecular weight excluding hydrogens is 260 g/mol. The second-order valence-corrected chi connectivity index (χ2v) is 5.03. The summed E-state index contributed by atoms with van der Waals surface area (Å²) in [5.74, 6) is 0.392. The molecule has 0 aromatic heterocycles. The molecule has 0 aliphatic heterocycles. The SMILES string of the molecule is CCNC(=NCC(C)C)NCCc1cc(F)ccc1F. The number of hydrogen-bond acceptors (Lipinski definition) is 1. The molecule has 2 N–H and O–H groups in total. The van der Waals surface area contributed by atoms with E-state index in [-0.39, 0.29) is 5.82 Å². The van der Waals surface area contributed by atoms with Crippen molar-refractivity contribution >= 4 is 5.96 Å². The zero-order valence-electron chi connectivity index (χ0n) is 12.3. The van der Waals surface area contributed by atoms with E-state index in [1.54, 1.807) is 0 Å². The topological polar surface area (TPSA) is 36.4 Å². The molecule has 0 unspecified atom stereocenters. The second kappa shape index (κ2) is 8.51. The molecular formula is C15H23F2N3. The lowest BCUT2D eigenvalue weighted by Crippen LogP contribution is -2.38. The van der Waals surface area contributed by atoms with E-state index < -0.39 is 5.82 Å². The minimum absolute atomic E-state index is 0.372. The molecule has 1 aromatic carbocycles. The summed E-state index contributed by atoms with van der Waals surface area (Å²) in [6.45, 7) is 8.16. The smallest absolute Gasteiger partial charge is 0.191 e. The molecule has 1 aromatic rings. The Morgan fingerprint density at radius 3 is 2.65 bits per heavy atom. The quantitative estimate of drug-likeness (QED) is 0.622. The maximum atomic E-state index is 13.5. The maximum Gasteiger partial charge on any atom is 0.191 e. The molecule has 0 amide bonds. The fourth-order valence-electron chi connectivity index (χ4n) is 1.67. The van der Waals surface area contributed by atoms with Crippen LogP contribution in [0.1, 0.15) is 26.3 Å². The third-order valence-corrected chi connectivity index (χ3v) is 2.65. The third-order valence-electron chi connectivity index (χ3n) is 2.65. The van der Waals surface area contributed by atoms with Crippen molar-refractivity contribution < 1.29 is 8.78 Å². The van der Waals surface area contributed by atoms with E-state index in [0.717, 1.165) is 25.2 Å². The van der Waals surface area contributed by atoms with Crippen molar-refractivity contribution in [1.29, 1.82) is 0 Å². The minimum atomic E-state index is -0.415. The third kappa shape index (κ3) is 5.99. The number of rotatable bonds is 6. The Morgan fingerprint density at radius 2 is 2.00 bits per heavy atom. The summed E-state index contributed by atoms with van der Waals surface area (Å²) in [7, 11) is 0. The van der Waals surface area contributed by atoms with Gasteiger partial charge >= 0.3 is 0 Å². The summed E-state index contributed by atoms with van der Waals surface area (Å²) in [5, 5.41) is 6.24. The molecule has 0 radical (unpaired) electrons. The van der Waals surface area contributed by atoms with Gasteiger partial charge in [0.15, 0.2) is 5.96 Å². The molecule has 0 bridgehead atoms. The van der Waals surface area contributed by atoms with Crippen LogP contribution in [0.2, 0.25) is 0 Å². The van der Waals surface area contributed by atoms with Crippen molar-refractivity contribution in [3.05, 3.63) is 35.4 Å². The predicted octanol–water partition coefficient (Wildman–Crippen LogP) is 2.72. The summed E-state index contributed by atoms with van der Waals surface area (Å²) in [4.78, 5) is 4.41. The highest BCUT2D eigenvalue weighted by molar-refractivity contribution is 5.79. The van der Waals surface area contributed by atoms with Gasteiger partial charge in [0.05, 0.1) is 0 Å². The van der Waals surface area contributed by atoms with Gasteiger partial charge in [0, 0.05) is 19.6 Å². The molecule has 0 saturated carbocycles. The highest BCUT2D eigenvalue weighted by Gasteiger charge is 2.04. The Hall–Kier alpha value is -1.65. The largest absolute Gasteiger partial charge is 0.357 e. The van der Waals surface area contributed by atoms with Gasteiger partial charge in [-0.2, -0.15) is 0 Å². The van der Waals surface area contributed by atoms with Gasteiger partial charge in [0.1, 0.15) is 11.6 Å². The van der Waals surface area contributed by atoms with Crippen molar-refractivity contribution in [2.45, 2.75) is 27.2 Å². The monoisotopic (exact) mass is 283 g/mol. The number of nitrogens with one attached hydrogen (secondary N) is 2. The van der Waals surface area contributed by atoms with Crippen LogP contribution in [0.3, 0.4) is 0 Å². The summed E-state index contributed by atoms with van der Waals surface area (Å²) < 4.78 is 26.5. The van der Waals surface area contributed by atoms with E-state index in [9.17, 15) is 8.78 Å². The van der Waals surface area contributed by atoms with E-state index in [4.69, 9.17) is 0 Å². The van der Waals surface area contributed by atoms with Crippen LogP contribution in [-0.4, -0.2) is 25.6 Å². The first-order valence-electron chi connectivity index (χ1n) is 6.99. The van der Waals surface area contributed by atoms with E-state index >= 15 is 0 Å². The van der Waals surface area contributed by atoms with Crippen LogP contribution in [-0.2, 0) is 6.42 Å². The average Bonchev–Trinajstić information content (AvgIpc) is 2.40. The Bertz CT molecular complexity index is 445. The standard InChI is InChI=1S/C15H23F2N3/c1-4-18-15(20-10-11(2)3)19-8-7-12-9-13(16)5-6-14(12)17/h5-6,9,11H,4,7-8,10H2,1-3H3,(H2,18,19,20). The summed E-state index contributed by atoms with van der Waals surface area (Å²) in [5.41, 5.74) is 0.372. The van der Waals surface area contributed by atoms with Crippen molar-refractivity contribution in [3.63, 3.8) is 0 Å². The molecule has 0 atom stereocenters. The zero-order chi connectivity index (χ0) is 15.0. The Kier molecular flexibility index (Phi) is 6.98. The number of aliphatic imine (C=N–C) groups is 1. The normalized spacial score (nSPS) is 11.8. The molecule has 0 aliphatic carbocycles. The fraction of sp³-hybridized carbons (Fsp3) is 0.533. The van der Waals surface area contributed by atoms with Crippen LogP contribution < -0.4 is 10.6 Å². The molecule has 5 heteroatoms. The van der Waals surface area contributed by atoms with Crippen molar-refractivity contribution in [2.24, 2.45) is 10.9 Å². The maximum absolute atomic E-state index is 13.5. The number of hydrogen-bond donors (Lipinski definition) is 2. The molecule has 0 heterocycles. The average molecular weight is 283 g/mol. The number of nitrogens with zero attached hydrogens (tertiary/aromatic N) is 1. The van der Waals surface area contributed by atoms with Gasteiger partial charge in [-0.05, 0) is 43.0 Å². The van der Waals surface area contributed by atoms with Crippen molar-refractivity contribution in [3.8, 4) is 0 Å². The number of benzene rings is 1.